The van der Waals surface area contributed by atoms with Crippen molar-refractivity contribution in [2.24, 2.45) is 0 Å². The smallest absolute Gasteiger partial charge is 0.262 e. The van der Waals surface area contributed by atoms with E-state index in [2.05, 4.69) is 15.1 Å². The van der Waals surface area contributed by atoms with Crippen LogP contribution >= 0.6 is 0 Å². The van der Waals surface area contributed by atoms with Crippen molar-refractivity contribution in [2.75, 3.05) is 13.2 Å². The van der Waals surface area contributed by atoms with E-state index in [0.29, 0.717) is 42.1 Å². The molecule has 4 aromatic rings. The molecule has 2 aromatic carbocycles. The van der Waals surface area contributed by atoms with Gasteiger partial charge in [0.05, 0.1) is 29.9 Å². The highest BCUT2D eigenvalue weighted by Crippen LogP contribution is 2.34. The third-order valence-electron chi connectivity index (χ3n) is 4.30. The second-order valence-corrected chi connectivity index (χ2v) is 6.32. The van der Waals surface area contributed by atoms with Crippen LogP contribution in [0.15, 0.2) is 53.1 Å². The van der Waals surface area contributed by atoms with Crippen LogP contribution in [-0.2, 0) is 0 Å². The average molecular weight is 375 g/mol. The molecule has 0 saturated heterocycles. The monoisotopic (exact) mass is 375 g/mol. The fraction of sp³-hybridized carbons (Fsp3) is 0.227. The number of benzene rings is 2. The Balaban J connectivity index is 1.81. The van der Waals surface area contributed by atoms with Crippen molar-refractivity contribution >= 4 is 10.9 Å². The molecule has 0 aliphatic heterocycles. The molecule has 0 unspecified atom stereocenters. The first-order chi connectivity index (χ1) is 13.7. The van der Waals surface area contributed by atoms with Crippen molar-refractivity contribution < 1.29 is 14.0 Å². The Morgan fingerprint density at radius 1 is 0.893 bits per heavy atom. The van der Waals surface area contributed by atoms with Crippen LogP contribution in [0.25, 0.3) is 33.7 Å². The summed E-state index contributed by atoms with van der Waals surface area (Å²) in [6.07, 6.45) is 0. The van der Waals surface area contributed by atoms with Crippen molar-refractivity contribution in [3.63, 3.8) is 0 Å². The summed E-state index contributed by atoms with van der Waals surface area (Å²) in [6, 6.07) is 15.7. The van der Waals surface area contributed by atoms with Gasteiger partial charge in [-0.15, -0.1) is 0 Å². The molecule has 0 saturated carbocycles. The lowest BCUT2D eigenvalue weighted by atomic mass is 10.1. The van der Waals surface area contributed by atoms with E-state index in [0.717, 1.165) is 22.0 Å². The Morgan fingerprint density at radius 3 is 2.54 bits per heavy atom. The Kier molecular flexibility index (Phi) is 4.93. The van der Waals surface area contributed by atoms with Gasteiger partial charge in [0.25, 0.3) is 5.89 Å². The van der Waals surface area contributed by atoms with Crippen molar-refractivity contribution in [2.45, 2.75) is 20.8 Å². The molecule has 142 valence electrons. The molecule has 0 N–H and O–H groups in total. The fourth-order valence-electron chi connectivity index (χ4n) is 3.03. The minimum absolute atomic E-state index is 0.394. The first-order valence-electron chi connectivity index (χ1n) is 9.30. The molecule has 0 spiro atoms. The second kappa shape index (κ2) is 7.68. The largest absolute Gasteiger partial charge is 0.493 e. The zero-order chi connectivity index (χ0) is 19.5. The molecule has 2 heterocycles. The van der Waals surface area contributed by atoms with Crippen LogP contribution in [0.4, 0.5) is 0 Å². The summed E-state index contributed by atoms with van der Waals surface area (Å²) < 4.78 is 17.0. The van der Waals surface area contributed by atoms with Crippen molar-refractivity contribution in [1.82, 2.24) is 15.1 Å². The number of pyridine rings is 1. The lowest BCUT2D eigenvalue weighted by molar-refractivity contribution is 0.329. The van der Waals surface area contributed by atoms with Gasteiger partial charge in [0.2, 0.25) is 11.7 Å². The van der Waals surface area contributed by atoms with Gasteiger partial charge in [-0.05, 0) is 50.6 Å². The predicted octanol–water partition coefficient (Wildman–Crippen LogP) is 5.06. The topological polar surface area (TPSA) is 70.3 Å². The number of hydrogen-bond acceptors (Lipinski definition) is 6. The molecule has 4 rings (SSSR count). The molecular weight excluding hydrogens is 354 g/mol. The van der Waals surface area contributed by atoms with E-state index in [1.54, 1.807) is 0 Å². The zero-order valence-corrected chi connectivity index (χ0v) is 16.1. The lowest BCUT2D eigenvalue weighted by Gasteiger charge is -2.09. The maximum absolute atomic E-state index is 5.76. The van der Waals surface area contributed by atoms with Crippen LogP contribution in [-0.4, -0.2) is 28.3 Å². The molecule has 2 aromatic heterocycles. The van der Waals surface area contributed by atoms with Crippen LogP contribution in [0.2, 0.25) is 0 Å². The molecule has 6 heteroatoms. The molecule has 0 amide bonds. The van der Waals surface area contributed by atoms with E-state index in [9.17, 15) is 0 Å². The molecule has 6 nitrogen and oxygen atoms in total. The lowest BCUT2D eigenvalue weighted by Crippen LogP contribution is -1.98. The molecule has 0 bridgehead atoms. The van der Waals surface area contributed by atoms with Crippen LogP contribution in [0.5, 0.6) is 11.6 Å². The number of hydrogen-bond donors (Lipinski definition) is 0. The van der Waals surface area contributed by atoms with Crippen LogP contribution in [0, 0.1) is 6.92 Å². The van der Waals surface area contributed by atoms with E-state index in [4.69, 9.17) is 14.0 Å². The van der Waals surface area contributed by atoms with Gasteiger partial charge in [-0.2, -0.15) is 4.98 Å². The summed E-state index contributed by atoms with van der Waals surface area (Å²) in [5.41, 5.74) is 3.47. The second-order valence-electron chi connectivity index (χ2n) is 6.32. The minimum atomic E-state index is 0.394. The van der Waals surface area contributed by atoms with Crippen molar-refractivity contribution in [1.29, 1.82) is 0 Å². The van der Waals surface area contributed by atoms with E-state index in [1.165, 1.54) is 0 Å². The minimum Gasteiger partial charge on any atom is -0.493 e. The van der Waals surface area contributed by atoms with Crippen LogP contribution in [0.3, 0.4) is 0 Å². The Bertz CT molecular complexity index is 1120. The molecule has 0 aliphatic carbocycles. The molecular formula is C22H21N3O3. The maximum Gasteiger partial charge on any atom is 0.262 e. The first-order valence-corrected chi connectivity index (χ1v) is 9.30. The van der Waals surface area contributed by atoms with Gasteiger partial charge in [0, 0.05) is 5.39 Å². The summed E-state index contributed by atoms with van der Waals surface area (Å²) >= 11 is 0. The van der Waals surface area contributed by atoms with E-state index in [1.807, 2.05) is 69.3 Å². The molecule has 0 radical (unpaired) electrons. The number of rotatable bonds is 6. The SMILES string of the molecule is CCOc1ccccc1-c1nc(-c2cc3ccc(C)cc3nc2OCC)no1. The Labute approximate surface area is 163 Å². The summed E-state index contributed by atoms with van der Waals surface area (Å²) in [5.74, 6) is 2.02. The summed E-state index contributed by atoms with van der Waals surface area (Å²) in [6.45, 7) is 6.95. The highest BCUT2D eigenvalue weighted by molar-refractivity contribution is 5.85. The van der Waals surface area contributed by atoms with E-state index in [-0.39, 0.29) is 0 Å². The zero-order valence-electron chi connectivity index (χ0n) is 16.1. The molecule has 28 heavy (non-hydrogen) atoms. The number of nitrogens with zero attached hydrogens (tertiary/aromatic N) is 3. The number of aryl methyl sites for hydroxylation is 1. The predicted molar refractivity (Wildman–Crippen MR) is 108 cm³/mol. The number of para-hydroxylation sites is 1. The van der Waals surface area contributed by atoms with Gasteiger partial charge in [-0.1, -0.05) is 29.4 Å². The van der Waals surface area contributed by atoms with Crippen molar-refractivity contribution in [3.05, 3.63) is 54.1 Å². The van der Waals surface area contributed by atoms with Crippen LogP contribution < -0.4 is 9.47 Å². The molecule has 0 fully saturated rings. The van der Waals surface area contributed by atoms with Crippen molar-refractivity contribution in [3.8, 4) is 34.5 Å². The average Bonchev–Trinajstić information content (AvgIpc) is 3.18. The summed E-state index contributed by atoms with van der Waals surface area (Å²) in [5, 5.41) is 5.16. The maximum atomic E-state index is 5.76. The van der Waals surface area contributed by atoms with Gasteiger partial charge in [0.1, 0.15) is 5.75 Å². The highest BCUT2D eigenvalue weighted by Gasteiger charge is 2.19. The Morgan fingerprint density at radius 2 is 1.71 bits per heavy atom. The van der Waals surface area contributed by atoms with Gasteiger partial charge < -0.3 is 14.0 Å². The summed E-state index contributed by atoms with van der Waals surface area (Å²) in [7, 11) is 0. The number of aromatic nitrogens is 3. The first kappa shape index (κ1) is 18.0. The molecule has 0 atom stereocenters. The van der Waals surface area contributed by atoms with Gasteiger partial charge in [0.15, 0.2) is 0 Å². The highest BCUT2D eigenvalue weighted by atomic mass is 16.5. The van der Waals surface area contributed by atoms with E-state index < -0.39 is 0 Å². The van der Waals surface area contributed by atoms with Gasteiger partial charge >= 0.3 is 0 Å². The third kappa shape index (κ3) is 3.41. The quantitative estimate of drug-likeness (QED) is 0.469. The van der Waals surface area contributed by atoms with Crippen LogP contribution in [0.1, 0.15) is 19.4 Å². The Hall–Kier alpha value is -3.41. The number of fused-ring (bicyclic) bond motifs is 1. The standard InChI is InChI=1S/C22H21N3O3/c1-4-26-19-9-7-6-8-16(19)22-24-20(25-28-22)17-13-15-11-10-14(3)12-18(15)23-21(17)27-5-2/h6-13H,4-5H2,1-3H3. The third-order valence-corrected chi connectivity index (χ3v) is 4.30. The summed E-state index contributed by atoms with van der Waals surface area (Å²) in [4.78, 5) is 9.25. The van der Waals surface area contributed by atoms with Gasteiger partial charge in [-0.3, -0.25) is 0 Å². The number of ether oxygens (including phenoxy) is 2. The molecule has 0 aliphatic rings. The van der Waals surface area contributed by atoms with E-state index >= 15 is 0 Å². The fourth-order valence-corrected chi connectivity index (χ4v) is 3.03. The van der Waals surface area contributed by atoms with Gasteiger partial charge in [-0.25, -0.2) is 4.98 Å². The normalized spacial score (nSPS) is 11.0.